The normalized spacial score (nSPS) is 26.3. The molecule has 0 spiro atoms. The van der Waals surface area contributed by atoms with Gasteiger partial charge in [-0.25, -0.2) is 0 Å². The van der Waals surface area contributed by atoms with Gasteiger partial charge in [-0.2, -0.15) is 18.3 Å². The van der Waals surface area contributed by atoms with Gasteiger partial charge in [-0.1, -0.05) is 6.42 Å². The molecule has 1 aliphatic carbocycles. The van der Waals surface area contributed by atoms with Gasteiger partial charge in [0.25, 0.3) is 5.91 Å². The lowest BCUT2D eigenvalue weighted by Gasteiger charge is -2.43. The third kappa shape index (κ3) is 2.73. The Morgan fingerprint density at radius 3 is 2.70 bits per heavy atom. The maximum atomic E-state index is 13.1. The van der Waals surface area contributed by atoms with Crippen LogP contribution >= 0.6 is 0 Å². The second-order valence-corrected chi connectivity index (χ2v) is 6.57. The van der Waals surface area contributed by atoms with Crippen LogP contribution in [0.15, 0.2) is 0 Å². The lowest BCUT2D eigenvalue weighted by molar-refractivity contribution is -0.247. The van der Waals surface area contributed by atoms with Crippen LogP contribution in [0, 0.1) is 5.41 Å². The van der Waals surface area contributed by atoms with E-state index in [2.05, 4.69) is 15.5 Å². The number of rotatable bonds is 3. The van der Waals surface area contributed by atoms with E-state index in [1.165, 1.54) is 0 Å². The molecular weight excluding hydrogens is 311 g/mol. The molecule has 2 aliphatic rings. The standard InChI is InChI=1S/C15H20F3N3O2/c1-8-6-10-11(9(2)23-8)20-21-12(10)13(22)19-7-14(4-3-5-14)15(16,17)18/h8-9H,3-7H2,1-2H3,(H,19,22)(H,20,21)/t8-,9+/m1/s1. The number of ether oxygens (including phenoxy) is 1. The molecule has 2 atom stereocenters. The van der Waals surface area contributed by atoms with Gasteiger partial charge in [0.1, 0.15) is 0 Å². The molecule has 1 saturated carbocycles. The van der Waals surface area contributed by atoms with E-state index in [9.17, 15) is 18.0 Å². The van der Waals surface area contributed by atoms with Gasteiger partial charge in [0.2, 0.25) is 0 Å². The van der Waals surface area contributed by atoms with Crippen molar-refractivity contribution in [2.24, 2.45) is 5.41 Å². The molecular formula is C15H20F3N3O2. The van der Waals surface area contributed by atoms with Gasteiger partial charge < -0.3 is 10.1 Å². The highest BCUT2D eigenvalue weighted by atomic mass is 19.4. The van der Waals surface area contributed by atoms with E-state index in [4.69, 9.17) is 4.74 Å². The summed E-state index contributed by atoms with van der Waals surface area (Å²) < 4.78 is 45.0. The maximum absolute atomic E-state index is 13.1. The Morgan fingerprint density at radius 1 is 1.43 bits per heavy atom. The van der Waals surface area contributed by atoms with Crippen molar-refractivity contribution in [1.82, 2.24) is 15.5 Å². The number of hydrogen-bond donors (Lipinski definition) is 2. The zero-order valence-electron chi connectivity index (χ0n) is 13.1. The largest absolute Gasteiger partial charge is 0.396 e. The molecule has 0 radical (unpaired) electrons. The summed E-state index contributed by atoms with van der Waals surface area (Å²) in [5.41, 5.74) is -0.132. The molecule has 0 saturated heterocycles. The van der Waals surface area contributed by atoms with Gasteiger partial charge in [0.05, 0.1) is 23.3 Å². The van der Waals surface area contributed by atoms with Gasteiger partial charge >= 0.3 is 6.18 Å². The first kappa shape index (κ1) is 16.3. The number of nitrogens with zero attached hydrogens (tertiary/aromatic N) is 1. The first-order valence-corrected chi connectivity index (χ1v) is 7.81. The Morgan fingerprint density at radius 2 is 2.13 bits per heavy atom. The van der Waals surface area contributed by atoms with Gasteiger partial charge in [-0.3, -0.25) is 9.89 Å². The number of alkyl halides is 3. The molecule has 1 aromatic rings. The average Bonchev–Trinajstić information content (AvgIpc) is 2.79. The first-order valence-electron chi connectivity index (χ1n) is 7.81. The molecule has 0 bridgehead atoms. The van der Waals surface area contributed by atoms with Crippen LogP contribution in [0.1, 0.15) is 61.0 Å². The maximum Gasteiger partial charge on any atom is 0.396 e. The topological polar surface area (TPSA) is 67.0 Å². The number of aromatic amines is 1. The van der Waals surface area contributed by atoms with Crippen molar-refractivity contribution in [2.45, 2.75) is 57.9 Å². The number of carbonyl (C=O) groups is 1. The van der Waals surface area contributed by atoms with Crippen molar-refractivity contribution in [1.29, 1.82) is 0 Å². The van der Waals surface area contributed by atoms with Crippen LogP contribution in [0.5, 0.6) is 0 Å². The number of fused-ring (bicyclic) bond motifs is 1. The predicted octanol–water partition coefficient (Wildman–Crippen LogP) is 2.89. The number of carbonyl (C=O) groups excluding carboxylic acids is 1. The summed E-state index contributed by atoms with van der Waals surface area (Å²) >= 11 is 0. The number of hydrogen-bond acceptors (Lipinski definition) is 3. The van der Waals surface area contributed by atoms with Crippen molar-refractivity contribution in [3.63, 3.8) is 0 Å². The molecule has 23 heavy (non-hydrogen) atoms. The third-order valence-corrected chi connectivity index (χ3v) is 4.95. The van der Waals surface area contributed by atoms with E-state index in [0.29, 0.717) is 12.8 Å². The van der Waals surface area contributed by atoms with Gasteiger partial charge in [-0.15, -0.1) is 0 Å². The van der Waals surface area contributed by atoms with Crippen molar-refractivity contribution in [2.75, 3.05) is 6.54 Å². The summed E-state index contributed by atoms with van der Waals surface area (Å²) in [7, 11) is 0. The van der Waals surface area contributed by atoms with Crippen LogP contribution in [0.3, 0.4) is 0 Å². The molecule has 1 fully saturated rings. The highest BCUT2D eigenvalue weighted by Gasteiger charge is 2.58. The predicted molar refractivity (Wildman–Crippen MR) is 75.9 cm³/mol. The molecule has 2 heterocycles. The SMILES string of the molecule is C[C@@H]1Cc2c(C(=O)NCC3(C(F)(F)F)CCC3)n[nH]c2[C@H](C)O1. The summed E-state index contributed by atoms with van der Waals surface area (Å²) in [6.45, 7) is 3.35. The summed E-state index contributed by atoms with van der Waals surface area (Å²) in [4.78, 5) is 12.3. The lowest BCUT2D eigenvalue weighted by atomic mass is 9.68. The van der Waals surface area contributed by atoms with Crippen molar-refractivity contribution in [3.05, 3.63) is 17.0 Å². The molecule has 8 heteroatoms. The van der Waals surface area contributed by atoms with Gasteiger partial charge in [0.15, 0.2) is 5.69 Å². The Bertz CT molecular complexity index is 608. The quantitative estimate of drug-likeness (QED) is 0.895. The molecule has 2 N–H and O–H groups in total. The van der Waals surface area contributed by atoms with Gasteiger partial charge in [0, 0.05) is 18.5 Å². The fourth-order valence-corrected chi connectivity index (χ4v) is 3.36. The molecule has 1 amide bonds. The number of nitrogens with one attached hydrogen (secondary N) is 2. The number of aromatic nitrogens is 2. The zero-order valence-corrected chi connectivity index (χ0v) is 13.1. The summed E-state index contributed by atoms with van der Waals surface area (Å²) in [6.07, 6.45) is -3.37. The smallest absolute Gasteiger partial charge is 0.369 e. The van der Waals surface area contributed by atoms with Crippen molar-refractivity contribution < 1.29 is 22.7 Å². The minimum absolute atomic E-state index is 0.0604. The zero-order chi connectivity index (χ0) is 16.8. The van der Waals surface area contributed by atoms with E-state index >= 15 is 0 Å². The first-order chi connectivity index (χ1) is 10.7. The fourth-order valence-electron chi connectivity index (χ4n) is 3.36. The highest BCUT2D eigenvalue weighted by Crippen LogP contribution is 2.52. The van der Waals surface area contributed by atoms with Crippen LogP contribution in [0.2, 0.25) is 0 Å². The second-order valence-electron chi connectivity index (χ2n) is 6.57. The monoisotopic (exact) mass is 331 g/mol. The van der Waals surface area contributed by atoms with Crippen LogP contribution < -0.4 is 5.32 Å². The molecule has 128 valence electrons. The van der Waals surface area contributed by atoms with E-state index in [1.54, 1.807) is 0 Å². The third-order valence-electron chi connectivity index (χ3n) is 4.95. The van der Waals surface area contributed by atoms with E-state index in [0.717, 1.165) is 11.3 Å². The molecule has 5 nitrogen and oxygen atoms in total. The van der Waals surface area contributed by atoms with E-state index < -0.39 is 24.0 Å². The summed E-state index contributed by atoms with van der Waals surface area (Å²) in [6, 6.07) is 0. The Kier molecular flexibility index (Phi) is 3.90. The summed E-state index contributed by atoms with van der Waals surface area (Å²) in [5, 5.41) is 9.20. The minimum Gasteiger partial charge on any atom is -0.369 e. The van der Waals surface area contributed by atoms with Crippen molar-refractivity contribution >= 4 is 5.91 Å². The van der Waals surface area contributed by atoms with Crippen molar-refractivity contribution in [3.8, 4) is 0 Å². The van der Waals surface area contributed by atoms with E-state index in [-0.39, 0.29) is 30.7 Å². The summed E-state index contributed by atoms with van der Waals surface area (Å²) in [5.74, 6) is -0.556. The minimum atomic E-state index is -4.29. The second kappa shape index (κ2) is 5.51. The Labute approximate surface area is 132 Å². The average molecular weight is 331 g/mol. The highest BCUT2D eigenvalue weighted by molar-refractivity contribution is 5.94. The van der Waals surface area contributed by atoms with E-state index in [1.807, 2.05) is 13.8 Å². The number of halogens is 3. The van der Waals surface area contributed by atoms with Gasteiger partial charge in [-0.05, 0) is 26.7 Å². The lowest BCUT2D eigenvalue weighted by Crippen LogP contribution is -2.51. The van der Waals surface area contributed by atoms with Crippen LogP contribution in [-0.2, 0) is 11.2 Å². The molecule has 0 unspecified atom stereocenters. The molecule has 1 aliphatic heterocycles. The molecule has 3 rings (SSSR count). The molecule has 0 aromatic carbocycles. The number of amides is 1. The number of H-pyrrole nitrogens is 1. The fraction of sp³-hybridized carbons (Fsp3) is 0.733. The van der Waals surface area contributed by atoms with Crippen LogP contribution in [0.25, 0.3) is 0 Å². The van der Waals surface area contributed by atoms with Crippen LogP contribution in [-0.4, -0.2) is 34.9 Å². The Balaban J connectivity index is 1.73. The Hall–Kier alpha value is -1.57. The molecule has 1 aromatic heterocycles. The van der Waals surface area contributed by atoms with Crippen LogP contribution in [0.4, 0.5) is 13.2 Å².